The van der Waals surface area contributed by atoms with Gasteiger partial charge in [-0.1, -0.05) is 37.6 Å². The average Bonchev–Trinajstić information content (AvgIpc) is 2.34. The Bertz CT molecular complexity index is 478. The van der Waals surface area contributed by atoms with Crippen LogP contribution in [0.2, 0.25) is 0 Å². The van der Waals surface area contributed by atoms with E-state index in [4.69, 9.17) is 0 Å². The molecule has 1 amide bonds. The van der Waals surface area contributed by atoms with Crippen LogP contribution in [0.4, 0.5) is 0 Å². The molecule has 0 saturated carbocycles. The molecule has 0 aromatic heterocycles. The van der Waals surface area contributed by atoms with Crippen LogP contribution in [0.15, 0.2) is 18.2 Å². The summed E-state index contributed by atoms with van der Waals surface area (Å²) >= 11 is 0. The molecule has 1 rings (SSSR count). The fourth-order valence-electron chi connectivity index (χ4n) is 2.67. The van der Waals surface area contributed by atoms with Crippen molar-refractivity contribution in [2.45, 2.75) is 60.0 Å². The first-order chi connectivity index (χ1) is 9.69. The Hall–Kier alpha value is -1.35. The zero-order valence-electron chi connectivity index (χ0n) is 14.0. The highest BCUT2D eigenvalue weighted by molar-refractivity contribution is 5.76. The Morgan fingerprint density at radius 1 is 1.33 bits per heavy atom. The first-order valence-electron chi connectivity index (χ1n) is 7.70. The van der Waals surface area contributed by atoms with Crippen molar-refractivity contribution in [3.8, 4) is 0 Å². The molecule has 0 spiro atoms. The van der Waals surface area contributed by atoms with Crippen LogP contribution in [-0.4, -0.2) is 23.7 Å². The maximum atomic E-state index is 12.0. The maximum absolute atomic E-state index is 12.0. The summed E-state index contributed by atoms with van der Waals surface area (Å²) < 4.78 is 0. The maximum Gasteiger partial charge on any atom is 0.220 e. The van der Waals surface area contributed by atoms with Gasteiger partial charge < -0.3 is 10.4 Å². The summed E-state index contributed by atoms with van der Waals surface area (Å²) in [6, 6.07) is 6.35. The van der Waals surface area contributed by atoms with Crippen molar-refractivity contribution in [3.05, 3.63) is 34.9 Å². The lowest BCUT2D eigenvalue weighted by molar-refractivity contribution is -0.121. The third-order valence-corrected chi connectivity index (χ3v) is 3.73. The van der Waals surface area contributed by atoms with Gasteiger partial charge in [0, 0.05) is 13.0 Å². The Labute approximate surface area is 128 Å². The van der Waals surface area contributed by atoms with Crippen LogP contribution in [0.3, 0.4) is 0 Å². The van der Waals surface area contributed by atoms with Gasteiger partial charge in [-0.2, -0.15) is 0 Å². The predicted octanol–water partition coefficient (Wildman–Crippen LogP) is 3.15. The number of hydrogen-bond acceptors (Lipinski definition) is 2. The minimum atomic E-state index is -0.341. The largest absolute Gasteiger partial charge is 0.393 e. The van der Waals surface area contributed by atoms with E-state index in [9.17, 15) is 9.90 Å². The topological polar surface area (TPSA) is 49.3 Å². The summed E-state index contributed by atoms with van der Waals surface area (Å²) in [4.78, 5) is 12.0. The lowest BCUT2D eigenvalue weighted by atomic mass is 9.87. The van der Waals surface area contributed by atoms with E-state index >= 15 is 0 Å². The van der Waals surface area contributed by atoms with Crippen molar-refractivity contribution < 1.29 is 9.90 Å². The van der Waals surface area contributed by atoms with E-state index in [-0.39, 0.29) is 17.4 Å². The van der Waals surface area contributed by atoms with Crippen molar-refractivity contribution >= 4 is 5.91 Å². The van der Waals surface area contributed by atoms with Crippen LogP contribution in [0.5, 0.6) is 0 Å². The second-order valence-corrected chi connectivity index (χ2v) is 6.92. The van der Waals surface area contributed by atoms with Gasteiger partial charge in [0.2, 0.25) is 5.91 Å². The fourth-order valence-corrected chi connectivity index (χ4v) is 2.67. The molecule has 3 nitrogen and oxygen atoms in total. The Morgan fingerprint density at radius 2 is 2.00 bits per heavy atom. The molecule has 1 aromatic rings. The SMILES string of the molecule is Cc1ccc(CCC(=O)NCC(C)(C)CC(C)O)c(C)c1. The third-order valence-electron chi connectivity index (χ3n) is 3.73. The molecule has 0 fully saturated rings. The Morgan fingerprint density at radius 3 is 2.57 bits per heavy atom. The monoisotopic (exact) mass is 291 g/mol. The van der Waals surface area contributed by atoms with Crippen molar-refractivity contribution in [1.82, 2.24) is 5.32 Å². The number of carbonyl (C=O) groups excluding carboxylic acids is 1. The quantitative estimate of drug-likeness (QED) is 0.811. The van der Waals surface area contributed by atoms with E-state index in [1.54, 1.807) is 6.92 Å². The highest BCUT2D eigenvalue weighted by atomic mass is 16.3. The number of hydrogen-bond donors (Lipinski definition) is 2. The van der Waals surface area contributed by atoms with E-state index in [2.05, 4.69) is 51.2 Å². The summed E-state index contributed by atoms with van der Waals surface area (Å²) in [7, 11) is 0. The molecule has 118 valence electrons. The predicted molar refractivity (Wildman–Crippen MR) is 87.3 cm³/mol. The van der Waals surface area contributed by atoms with E-state index in [0.717, 1.165) is 6.42 Å². The second kappa shape index (κ2) is 7.60. The van der Waals surface area contributed by atoms with Gasteiger partial charge in [0.15, 0.2) is 0 Å². The number of amides is 1. The number of rotatable bonds is 7. The van der Waals surface area contributed by atoms with E-state index in [0.29, 0.717) is 19.4 Å². The van der Waals surface area contributed by atoms with Gasteiger partial charge in [0.25, 0.3) is 0 Å². The molecule has 0 bridgehead atoms. The molecule has 0 aliphatic carbocycles. The van der Waals surface area contributed by atoms with Crippen LogP contribution in [-0.2, 0) is 11.2 Å². The third kappa shape index (κ3) is 6.76. The molecule has 0 heterocycles. The molecule has 0 aliphatic heterocycles. The smallest absolute Gasteiger partial charge is 0.220 e. The number of carbonyl (C=O) groups is 1. The number of nitrogens with one attached hydrogen (secondary N) is 1. The van der Waals surface area contributed by atoms with Crippen LogP contribution >= 0.6 is 0 Å². The van der Waals surface area contributed by atoms with E-state index < -0.39 is 0 Å². The Balaban J connectivity index is 2.41. The first-order valence-corrected chi connectivity index (χ1v) is 7.70. The molecule has 1 aromatic carbocycles. The van der Waals surface area contributed by atoms with E-state index in [1.165, 1.54) is 16.7 Å². The molecule has 3 heteroatoms. The number of benzene rings is 1. The molecule has 0 aliphatic rings. The lowest BCUT2D eigenvalue weighted by Crippen LogP contribution is -2.35. The zero-order valence-corrected chi connectivity index (χ0v) is 14.0. The highest BCUT2D eigenvalue weighted by Crippen LogP contribution is 2.21. The minimum Gasteiger partial charge on any atom is -0.393 e. The first kappa shape index (κ1) is 17.7. The summed E-state index contributed by atoms with van der Waals surface area (Å²) in [6.45, 7) is 10.7. The lowest BCUT2D eigenvalue weighted by Gasteiger charge is -2.26. The van der Waals surface area contributed by atoms with Gasteiger partial charge in [0.1, 0.15) is 0 Å². The average molecular weight is 291 g/mol. The minimum absolute atomic E-state index is 0.0774. The zero-order chi connectivity index (χ0) is 16.0. The van der Waals surface area contributed by atoms with E-state index in [1.807, 2.05) is 0 Å². The van der Waals surface area contributed by atoms with Crippen LogP contribution in [0.25, 0.3) is 0 Å². The fraction of sp³-hybridized carbons (Fsp3) is 0.611. The number of aryl methyl sites for hydroxylation is 3. The molecule has 1 unspecified atom stereocenters. The van der Waals surface area contributed by atoms with Gasteiger partial charge in [-0.3, -0.25) is 4.79 Å². The standard InChI is InChI=1S/C18H29NO2/c1-13-6-7-16(14(2)10-13)8-9-17(21)19-12-18(4,5)11-15(3)20/h6-7,10,15,20H,8-9,11-12H2,1-5H3,(H,19,21). The van der Waals surface area contributed by atoms with Crippen LogP contribution in [0, 0.1) is 19.3 Å². The highest BCUT2D eigenvalue weighted by Gasteiger charge is 2.20. The van der Waals surface area contributed by atoms with Gasteiger partial charge in [0.05, 0.1) is 6.10 Å². The molecule has 21 heavy (non-hydrogen) atoms. The van der Waals surface area contributed by atoms with Gasteiger partial charge >= 0.3 is 0 Å². The number of aliphatic hydroxyl groups is 1. The van der Waals surface area contributed by atoms with Crippen LogP contribution in [0.1, 0.15) is 50.3 Å². The summed E-state index contributed by atoms with van der Waals surface area (Å²) in [5, 5.41) is 12.4. The van der Waals surface area contributed by atoms with Gasteiger partial charge in [-0.15, -0.1) is 0 Å². The molecule has 1 atom stereocenters. The normalized spacial score (nSPS) is 13.0. The summed E-state index contributed by atoms with van der Waals surface area (Å²) in [5.41, 5.74) is 3.65. The molecule has 0 saturated heterocycles. The number of aliphatic hydroxyl groups excluding tert-OH is 1. The summed E-state index contributed by atoms with van der Waals surface area (Å²) in [5.74, 6) is 0.0774. The van der Waals surface area contributed by atoms with Gasteiger partial charge in [-0.05, 0) is 50.2 Å². The summed E-state index contributed by atoms with van der Waals surface area (Å²) in [6.07, 6.45) is 1.63. The van der Waals surface area contributed by atoms with Crippen molar-refractivity contribution in [2.24, 2.45) is 5.41 Å². The van der Waals surface area contributed by atoms with Crippen molar-refractivity contribution in [3.63, 3.8) is 0 Å². The Kier molecular flexibility index (Phi) is 6.41. The molecule has 0 radical (unpaired) electrons. The van der Waals surface area contributed by atoms with Crippen molar-refractivity contribution in [1.29, 1.82) is 0 Å². The van der Waals surface area contributed by atoms with Crippen molar-refractivity contribution in [2.75, 3.05) is 6.54 Å². The molecular weight excluding hydrogens is 262 g/mol. The molecule has 2 N–H and O–H groups in total. The second-order valence-electron chi connectivity index (χ2n) is 6.92. The van der Waals surface area contributed by atoms with Crippen LogP contribution < -0.4 is 5.32 Å². The molecular formula is C18H29NO2. The van der Waals surface area contributed by atoms with Gasteiger partial charge in [-0.25, -0.2) is 0 Å².